The molecule has 0 atom stereocenters. The van der Waals surface area contributed by atoms with Crippen molar-refractivity contribution in [3.05, 3.63) is 22.9 Å². The van der Waals surface area contributed by atoms with E-state index in [9.17, 15) is 0 Å². The normalized spacial score (nSPS) is 14.8. The Balaban J connectivity index is 4.25. The van der Waals surface area contributed by atoms with Gasteiger partial charge in [0.1, 0.15) is 0 Å². The minimum Gasteiger partial charge on any atom is -0.262 e. The summed E-state index contributed by atoms with van der Waals surface area (Å²) in [4.78, 5) is 4.40. The van der Waals surface area contributed by atoms with Crippen LogP contribution in [0.25, 0.3) is 0 Å². The van der Waals surface area contributed by atoms with Gasteiger partial charge in [-0.2, -0.15) is 0 Å². The van der Waals surface area contributed by atoms with E-state index in [0.717, 1.165) is 12.1 Å². The molecular weight excluding hydrogens is 170 g/mol. The van der Waals surface area contributed by atoms with E-state index in [2.05, 4.69) is 45.7 Å². The first kappa shape index (κ1) is 13.2. The van der Waals surface area contributed by atoms with Crippen molar-refractivity contribution in [3.8, 4) is 0 Å². The summed E-state index contributed by atoms with van der Waals surface area (Å²) in [6.07, 6.45) is 7.48. The van der Waals surface area contributed by atoms with E-state index in [4.69, 9.17) is 0 Å². The van der Waals surface area contributed by atoms with E-state index < -0.39 is 0 Å². The number of hydrogen-bond donors (Lipinski definition) is 0. The molecule has 0 aliphatic rings. The first-order chi connectivity index (χ1) is 6.61. The summed E-state index contributed by atoms with van der Waals surface area (Å²) in [7, 11) is 0. The molecule has 0 saturated heterocycles. The van der Waals surface area contributed by atoms with Crippen molar-refractivity contribution in [2.24, 2.45) is 4.99 Å². The van der Waals surface area contributed by atoms with Gasteiger partial charge in [-0.1, -0.05) is 31.4 Å². The van der Waals surface area contributed by atoms with Crippen molar-refractivity contribution >= 4 is 6.21 Å². The highest BCUT2D eigenvalue weighted by molar-refractivity contribution is 5.73. The highest BCUT2D eigenvalue weighted by Gasteiger charge is 1.89. The van der Waals surface area contributed by atoms with Crippen LogP contribution >= 0.6 is 0 Å². The van der Waals surface area contributed by atoms with Gasteiger partial charge in [-0.3, -0.25) is 4.99 Å². The Morgan fingerprint density at radius 3 is 2.29 bits per heavy atom. The summed E-state index contributed by atoms with van der Waals surface area (Å²) in [6.45, 7) is 10.7. The summed E-state index contributed by atoms with van der Waals surface area (Å²) in [5.74, 6) is 0. The molecule has 0 amide bonds. The fraction of sp³-hybridized carbons (Fsp3) is 0.615. The molecular formula is C13H23N. The van der Waals surface area contributed by atoms with Gasteiger partial charge in [-0.15, -0.1) is 0 Å². The molecule has 0 unspecified atom stereocenters. The molecule has 0 rings (SSSR count). The fourth-order valence-corrected chi connectivity index (χ4v) is 1.12. The molecule has 0 saturated carbocycles. The zero-order valence-electron chi connectivity index (χ0n) is 10.2. The summed E-state index contributed by atoms with van der Waals surface area (Å²) in [6, 6.07) is 0. The lowest BCUT2D eigenvalue weighted by Gasteiger charge is -1.98. The van der Waals surface area contributed by atoms with Crippen molar-refractivity contribution in [1.29, 1.82) is 0 Å². The molecule has 0 aromatic carbocycles. The fourth-order valence-electron chi connectivity index (χ4n) is 1.12. The topological polar surface area (TPSA) is 12.4 Å². The number of nitrogens with zero attached hydrogens (tertiary/aromatic N) is 1. The summed E-state index contributed by atoms with van der Waals surface area (Å²) >= 11 is 0. The molecule has 0 N–H and O–H groups in total. The smallest absolute Gasteiger partial charge is 0.0361 e. The molecule has 0 aromatic rings. The first-order valence-electron chi connectivity index (χ1n) is 5.48. The molecule has 14 heavy (non-hydrogen) atoms. The number of rotatable bonds is 5. The van der Waals surface area contributed by atoms with Crippen molar-refractivity contribution in [3.63, 3.8) is 0 Å². The van der Waals surface area contributed by atoms with E-state index in [1.54, 1.807) is 0 Å². The van der Waals surface area contributed by atoms with Crippen molar-refractivity contribution in [1.82, 2.24) is 0 Å². The van der Waals surface area contributed by atoms with Gasteiger partial charge < -0.3 is 0 Å². The second-order valence-corrected chi connectivity index (χ2v) is 3.76. The van der Waals surface area contributed by atoms with Crippen molar-refractivity contribution < 1.29 is 0 Å². The Hall–Kier alpha value is -0.850. The molecule has 0 heterocycles. The number of aliphatic imine (C=N–C) groups is 1. The standard InChI is InChI=1S/C13H23N/c1-6-8-11(3)9-10-14-13(5)12(4)7-2/h9-10H,6-8H2,1-5H3/b11-9+,13-12?,14-10?. The molecule has 80 valence electrons. The Labute approximate surface area is 88.6 Å². The molecule has 0 spiro atoms. The maximum Gasteiger partial charge on any atom is 0.0361 e. The van der Waals surface area contributed by atoms with Crippen LogP contribution in [0.15, 0.2) is 27.9 Å². The average molecular weight is 193 g/mol. The van der Waals surface area contributed by atoms with Gasteiger partial charge in [0.2, 0.25) is 0 Å². The Morgan fingerprint density at radius 1 is 1.14 bits per heavy atom. The number of hydrogen-bond acceptors (Lipinski definition) is 1. The van der Waals surface area contributed by atoms with Gasteiger partial charge in [-0.05, 0) is 39.7 Å². The third kappa shape index (κ3) is 5.74. The van der Waals surface area contributed by atoms with Crippen LogP contribution in [0.4, 0.5) is 0 Å². The minimum absolute atomic E-state index is 1.08. The maximum atomic E-state index is 4.40. The summed E-state index contributed by atoms with van der Waals surface area (Å²) < 4.78 is 0. The first-order valence-corrected chi connectivity index (χ1v) is 5.48. The molecule has 1 heteroatoms. The van der Waals surface area contributed by atoms with E-state index in [1.165, 1.54) is 24.0 Å². The lowest BCUT2D eigenvalue weighted by molar-refractivity contribution is 0.907. The number of allylic oxidation sites excluding steroid dienone is 4. The SMILES string of the molecule is CCC/C(C)=C/C=NC(C)=C(C)CC. The molecule has 0 fully saturated rings. The molecule has 0 radical (unpaired) electrons. The third-order valence-electron chi connectivity index (χ3n) is 2.42. The predicted octanol–water partition coefficient (Wildman–Crippen LogP) is 4.51. The third-order valence-corrected chi connectivity index (χ3v) is 2.42. The lowest BCUT2D eigenvalue weighted by Crippen LogP contribution is -1.81. The summed E-state index contributed by atoms with van der Waals surface area (Å²) in [5, 5.41) is 0. The van der Waals surface area contributed by atoms with Gasteiger partial charge in [0.15, 0.2) is 0 Å². The molecule has 0 aliphatic heterocycles. The van der Waals surface area contributed by atoms with Gasteiger partial charge in [0.25, 0.3) is 0 Å². The molecule has 1 nitrogen and oxygen atoms in total. The van der Waals surface area contributed by atoms with Crippen molar-refractivity contribution in [2.45, 2.75) is 53.9 Å². The molecule has 0 aliphatic carbocycles. The van der Waals surface area contributed by atoms with Gasteiger partial charge in [0.05, 0.1) is 0 Å². The second kappa shape index (κ2) is 7.54. The van der Waals surface area contributed by atoms with Crippen LogP contribution in [-0.4, -0.2) is 6.21 Å². The molecule has 0 aromatic heterocycles. The summed E-state index contributed by atoms with van der Waals surface area (Å²) in [5.41, 5.74) is 3.91. The van der Waals surface area contributed by atoms with Crippen LogP contribution < -0.4 is 0 Å². The van der Waals surface area contributed by atoms with Crippen LogP contribution in [0, 0.1) is 0 Å². The minimum atomic E-state index is 1.08. The van der Waals surface area contributed by atoms with Crippen LogP contribution in [0.1, 0.15) is 53.9 Å². The zero-order chi connectivity index (χ0) is 11.0. The van der Waals surface area contributed by atoms with Crippen molar-refractivity contribution in [2.75, 3.05) is 0 Å². The van der Waals surface area contributed by atoms with Crippen LogP contribution in [0.3, 0.4) is 0 Å². The lowest BCUT2D eigenvalue weighted by atomic mass is 10.2. The quantitative estimate of drug-likeness (QED) is 0.570. The molecule has 0 bridgehead atoms. The highest BCUT2D eigenvalue weighted by atomic mass is 14.7. The van der Waals surface area contributed by atoms with E-state index >= 15 is 0 Å². The second-order valence-electron chi connectivity index (χ2n) is 3.76. The van der Waals surface area contributed by atoms with Gasteiger partial charge >= 0.3 is 0 Å². The van der Waals surface area contributed by atoms with Gasteiger partial charge in [-0.25, -0.2) is 0 Å². The van der Waals surface area contributed by atoms with Gasteiger partial charge in [0, 0.05) is 11.9 Å². The Morgan fingerprint density at radius 2 is 1.79 bits per heavy atom. The predicted molar refractivity (Wildman–Crippen MR) is 65.8 cm³/mol. The largest absolute Gasteiger partial charge is 0.262 e. The average Bonchev–Trinajstić information content (AvgIpc) is 2.16. The van der Waals surface area contributed by atoms with E-state index in [1.807, 2.05) is 6.21 Å². The van der Waals surface area contributed by atoms with Crippen LogP contribution in [0.5, 0.6) is 0 Å². The van der Waals surface area contributed by atoms with E-state index in [0.29, 0.717) is 0 Å². The highest BCUT2D eigenvalue weighted by Crippen LogP contribution is 2.08. The zero-order valence-corrected chi connectivity index (χ0v) is 10.2. The van der Waals surface area contributed by atoms with Crippen LogP contribution in [-0.2, 0) is 0 Å². The van der Waals surface area contributed by atoms with Crippen LogP contribution in [0.2, 0.25) is 0 Å². The maximum absolute atomic E-state index is 4.40. The van der Waals surface area contributed by atoms with E-state index in [-0.39, 0.29) is 0 Å². The Kier molecular flexibility index (Phi) is 7.09. The monoisotopic (exact) mass is 193 g/mol. The Bertz CT molecular complexity index is 244.